The third kappa shape index (κ3) is 7.99. The molecule has 0 bridgehead atoms. The number of nitrogens with one attached hydrogen (secondary N) is 1. The quantitative estimate of drug-likeness (QED) is 0.252. The summed E-state index contributed by atoms with van der Waals surface area (Å²) >= 11 is 12.5. The van der Waals surface area contributed by atoms with Crippen molar-refractivity contribution in [1.82, 2.24) is 10.2 Å². The number of hydrogen-bond donors (Lipinski definition) is 1. The number of sulfonamides is 1. The number of benzene rings is 3. The molecule has 2 amide bonds. The van der Waals surface area contributed by atoms with Gasteiger partial charge in [0, 0.05) is 23.1 Å². The van der Waals surface area contributed by atoms with E-state index in [4.69, 9.17) is 23.2 Å². The van der Waals surface area contributed by atoms with Crippen LogP contribution in [0.15, 0.2) is 71.6 Å². The first-order chi connectivity index (χ1) is 18.9. The Morgan fingerprint density at radius 1 is 0.950 bits per heavy atom. The fraction of sp³-hybridized carbons (Fsp3) is 0.333. The normalized spacial score (nSPS) is 12.1. The Hall–Kier alpha value is -3.07. The molecule has 0 aliphatic rings. The molecule has 0 heterocycles. The summed E-state index contributed by atoms with van der Waals surface area (Å²) in [5, 5.41) is 3.64. The first-order valence-electron chi connectivity index (χ1n) is 13.1. The second kappa shape index (κ2) is 14.0. The zero-order valence-electron chi connectivity index (χ0n) is 23.2. The number of carbonyl (C=O) groups is 2. The summed E-state index contributed by atoms with van der Waals surface area (Å²) in [5.74, 6) is -0.892. The summed E-state index contributed by atoms with van der Waals surface area (Å²) in [7, 11) is -4.12. The van der Waals surface area contributed by atoms with E-state index in [1.165, 1.54) is 17.0 Å². The zero-order chi connectivity index (χ0) is 29.4. The van der Waals surface area contributed by atoms with E-state index >= 15 is 0 Å². The van der Waals surface area contributed by atoms with Crippen LogP contribution in [0.1, 0.15) is 43.4 Å². The molecule has 0 aliphatic carbocycles. The van der Waals surface area contributed by atoms with E-state index in [1.54, 1.807) is 55.5 Å². The highest BCUT2D eigenvalue weighted by atomic mass is 35.5. The molecule has 40 heavy (non-hydrogen) atoms. The molecule has 0 aliphatic heterocycles. The number of carbonyl (C=O) groups excluding carboxylic acids is 2. The van der Waals surface area contributed by atoms with Gasteiger partial charge in [-0.2, -0.15) is 0 Å². The number of unbranched alkanes of at least 4 members (excludes halogenated alkanes) is 1. The minimum atomic E-state index is -4.12. The standard InChI is InChI=1S/C30H35Cl2N3O4S/c1-5-6-16-33-30(37)23(4)34(19-24-12-13-25(31)18-28(24)32)29(36)20-35(26-9-7-8-22(3)17-26)40(38,39)27-14-10-21(2)11-15-27/h7-15,17-18,23H,5-6,16,19-20H2,1-4H3,(H,33,37)/t23-/m0/s1. The van der Waals surface area contributed by atoms with Gasteiger partial charge in [-0.25, -0.2) is 8.42 Å². The van der Waals surface area contributed by atoms with Crippen LogP contribution in [0.5, 0.6) is 0 Å². The van der Waals surface area contributed by atoms with Crippen LogP contribution in [-0.2, 0) is 26.2 Å². The highest BCUT2D eigenvalue weighted by molar-refractivity contribution is 7.92. The predicted octanol–water partition coefficient (Wildman–Crippen LogP) is 6.14. The van der Waals surface area contributed by atoms with Gasteiger partial charge in [-0.1, -0.05) is 72.4 Å². The second-order valence-electron chi connectivity index (χ2n) is 9.74. The number of hydrogen-bond acceptors (Lipinski definition) is 4. The van der Waals surface area contributed by atoms with Crippen LogP contribution in [0.25, 0.3) is 0 Å². The third-order valence-corrected chi connectivity index (χ3v) is 8.91. The minimum Gasteiger partial charge on any atom is -0.354 e. The van der Waals surface area contributed by atoms with Gasteiger partial charge in [-0.05, 0) is 74.7 Å². The lowest BCUT2D eigenvalue weighted by molar-refractivity contribution is -0.139. The molecule has 7 nitrogen and oxygen atoms in total. The lowest BCUT2D eigenvalue weighted by Gasteiger charge is -2.32. The Labute approximate surface area is 247 Å². The van der Waals surface area contributed by atoms with Crippen LogP contribution in [0.2, 0.25) is 10.0 Å². The second-order valence-corrected chi connectivity index (χ2v) is 12.4. The Morgan fingerprint density at radius 3 is 2.27 bits per heavy atom. The summed E-state index contributed by atoms with van der Waals surface area (Å²) in [6.45, 7) is 7.29. The van der Waals surface area contributed by atoms with E-state index in [2.05, 4.69) is 5.32 Å². The van der Waals surface area contributed by atoms with Crippen LogP contribution >= 0.6 is 23.2 Å². The molecule has 0 spiro atoms. The van der Waals surface area contributed by atoms with E-state index < -0.39 is 28.5 Å². The number of rotatable bonds is 12. The molecule has 3 aromatic rings. The molecular weight excluding hydrogens is 569 g/mol. The average Bonchev–Trinajstić information content (AvgIpc) is 2.91. The van der Waals surface area contributed by atoms with Gasteiger partial charge in [0.05, 0.1) is 10.6 Å². The van der Waals surface area contributed by atoms with Crippen molar-refractivity contribution < 1.29 is 18.0 Å². The maximum atomic E-state index is 14.0. The number of anilines is 1. The van der Waals surface area contributed by atoms with E-state index in [9.17, 15) is 18.0 Å². The average molecular weight is 605 g/mol. The van der Waals surface area contributed by atoms with Crippen molar-refractivity contribution in [3.8, 4) is 0 Å². The highest BCUT2D eigenvalue weighted by Crippen LogP contribution is 2.27. The Bertz CT molecular complexity index is 1450. The first kappa shape index (κ1) is 31.5. The molecule has 3 rings (SSSR count). The molecule has 3 aromatic carbocycles. The molecule has 0 saturated heterocycles. The first-order valence-corrected chi connectivity index (χ1v) is 15.3. The van der Waals surface area contributed by atoms with Crippen molar-refractivity contribution in [2.24, 2.45) is 0 Å². The lowest BCUT2D eigenvalue weighted by Crippen LogP contribution is -2.51. The van der Waals surface area contributed by atoms with Gasteiger partial charge in [0.15, 0.2) is 0 Å². The molecule has 214 valence electrons. The predicted molar refractivity (Wildman–Crippen MR) is 161 cm³/mol. The lowest BCUT2D eigenvalue weighted by atomic mass is 10.1. The van der Waals surface area contributed by atoms with Crippen molar-refractivity contribution >= 4 is 50.7 Å². The number of nitrogens with zero attached hydrogens (tertiary/aromatic N) is 2. The van der Waals surface area contributed by atoms with Gasteiger partial charge in [0.1, 0.15) is 12.6 Å². The summed E-state index contributed by atoms with van der Waals surface area (Å²) in [5.41, 5.74) is 2.67. The fourth-order valence-electron chi connectivity index (χ4n) is 4.10. The Balaban J connectivity index is 2.02. The van der Waals surface area contributed by atoms with Crippen LogP contribution in [0.4, 0.5) is 5.69 Å². The van der Waals surface area contributed by atoms with Crippen molar-refractivity contribution in [2.75, 3.05) is 17.4 Å². The monoisotopic (exact) mass is 603 g/mol. The molecular formula is C30H35Cl2N3O4S. The molecule has 0 radical (unpaired) electrons. The van der Waals surface area contributed by atoms with Gasteiger partial charge < -0.3 is 10.2 Å². The number of amides is 2. The molecule has 1 N–H and O–H groups in total. The van der Waals surface area contributed by atoms with E-state index in [0.29, 0.717) is 27.8 Å². The molecule has 0 saturated carbocycles. The van der Waals surface area contributed by atoms with Gasteiger partial charge in [0.2, 0.25) is 11.8 Å². The zero-order valence-corrected chi connectivity index (χ0v) is 25.5. The van der Waals surface area contributed by atoms with Crippen LogP contribution < -0.4 is 9.62 Å². The van der Waals surface area contributed by atoms with E-state index in [0.717, 1.165) is 28.3 Å². The smallest absolute Gasteiger partial charge is 0.264 e. The Morgan fingerprint density at radius 2 is 1.65 bits per heavy atom. The minimum absolute atomic E-state index is 0.0105. The van der Waals surface area contributed by atoms with Crippen molar-refractivity contribution in [1.29, 1.82) is 0 Å². The molecule has 1 atom stereocenters. The Kier molecular flexibility index (Phi) is 11.0. The number of aryl methyl sites for hydroxylation is 2. The number of halogens is 2. The molecule has 10 heteroatoms. The van der Waals surface area contributed by atoms with Crippen LogP contribution in [0, 0.1) is 13.8 Å². The third-order valence-electron chi connectivity index (χ3n) is 6.53. The van der Waals surface area contributed by atoms with Crippen molar-refractivity contribution in [3.63, 3.8) is 0 Å². The summed E-state index contributed by atoms with van der Waals surface area (Å²) in [6, 6.07) is 17.4. The van der Waals surface area contributed by atoms with Crippen LogP contribution in [-0.4, -0.2) is 44.3 Å². The van der Waals surface area contributed by atoms with E-state index in [1.807, 2.05) is 26.8 Å². The highest BCUT2D eigenvalue weighted by Gasteiger charge is 2.32. The molecule has 0 aromatic heterocycles. The van der Waals surface area contributed by atoms with Gasteiger partial charge >= 0.3 is 0 Å². The van der Waals surface area contributed by atoms with Gasteiger partial charge in [-0.3, -0.25) is 13.9 Å². The molecule has 0 fully saturated rings. The van der Waals surface area contributed by atoms with Crippen LogP contribution in [0.3, 0.4) is 0 Å². The maximum absolute atomic E-state index is 14.0. The topological polar surface area (TPSA) is 86.8 Å². The summed E-state index contributed by atoms with van der Waals surface area (Å²) in [4.78, 5) is 28.4. The fourth-order valence-corrected chi connectivity index (χ4v) is 5.98. The van der Waals surface area contributed by atoms with Gasteiger partial charge in [0.25, 0.3) is 10.0 Å². The summed E-state index contributed by atoms with van der Waals surface area (Å²) < 4.78 is 28.9. The largest absolute Gasteiger partial charge is 0.354 e. The van der Waals surface area contributed by atoms with E-state index in [-0.39, 0.29) is 17.3 Å². The molecule has 0 unspecified atom stereocenters. The SMILES string of the molecule is CCCCNC(=O)[C@H](C)N(Cc1ccc(Cl)cc1Cl)C(=O)CN(c1cccc(C)c1)S(=O)(=O)c1ccc(C)cc1. The van der Waals surface area contributed by atoms with Crippen molar-refractivity contribution in [2.45, 2.75) is 58.0 Å². The summed E-state index contributed by atoms with van der Waals surface area (Å²) in [6.07, 6.45) is 1.70. The van der Waals surface area contributed by atoms with Crippen molar-refractivity contribution in [3.05, 3.63) is 93.5 Å². The maximum Gasteiger partial charge on any atom is 0.264 e. The van der Waals surface area contributed by atoms with Gasteiger partial charge in [-0.15, -0.1) is 0 Å².